The molecule has 1 aliphatic heterocycles. The molecule has 0 radical (unpaired) electrons. The fourth-order valence-corrected chi connectivity index (χ4v) is 5.81. The molecule has 0 saturated heterocycles. The summed E-state index contributed by atoms with van der Waals surface area (Å²) in [5.74, 6) is -2.72. The Bertz CT molecular complexity index is 1600. The number of amides is 3. The van der Waals surface area contributed by atoms with Crippen molar-refractivity contribution in [2.24, 2.45) is 0 Å². The van der Waals surface area contributed by atoms with Crippen LogP contribution in [0.4, 0.5) is 0 Å². The predicted octanol–water partition coefficient (Wildman–Crippen LogP) is 3.74. The van der Waals surface area contributed by atoms with Crippen LogP contribution in [0.15, 0.2) is 48.0 Å². The van der Waals surface area contributed by atoms with E-state index in [4.69, 9.17) is 23.2 Å². The van der Waals surface area contributed by atoms with Crippen molar-refractivity contribution in [3.8, 4) is 0 Å². The van der Waals surface area contributed by atoms with E-state index in [-0.39, 0.29) is 34.6 Å². The van der Waals surface area contributed by atoms with Crippen LogP contribution in [0.3, 0.4) is 0 Å². The quantitative estimate of drug-likeness (QED) is 0.260. The van der Waals surface area contributed by atoms with Crippen molar-refractivity contribution >= 4 is 69.1 Å². The van der Waals surface area contributed by atoms with Crippen LogP contribution in [0.2, 0.25) is 10.0 Å². The number of benzene rings is 2. The van der Waals surface area contributed by atoms with Gasteiger partial charge in [-0.2, -0.15) is 5.10 Å². The summed E-state index contributed by atoms with van der Waals surface area (Å²) in [6.45, 7) is 0.268. The number of aromatic amines is 1. The largest absolute Gasteiger partial charge is 0.480 e. The van der Waals surface area contributed by atoms with E-state index in [9.17, 15) is 24.3 Å². The molecule has 0 spiro atoms. The van der Waals surface area contributed by atoms with Crippen LogP contribution in [0, 0.1) is 0 Å². The maximum absolute atomic E-state index is 13.2. The van der Waals surface area contributed by atoms with E-state index in [1.54, 1.807) is 46.8 Å². The smallest absolute Gasteiger partial charge is 0.328 e. The first-order valence-electron chi connectivity index (χ1n) is 11.8. The van der Waals surface area contributed by atoms with E-state index < -0.39 is 23.8 Å². The fourth-order valence-electron chi connectivity index (χ4n) is 4.41. The van der Waals surface area contributed by atoms with E-state index >= 15 is 0 Å². The molecular formula is C26H21Cl2N5O5S. The number of rotatable bonds is 7. The molecule has 3 amide bonds. The summed E-state index contributed by atoms with van der Waals surface area (Å²) in [5.41, 5.74) is 2.57. The highest BCUT2D eigenvalue weighted by molar-refractivity contribution is 7.12. The zero-order valence-electron chi connectivity index (χ0n) is 20.2. The van der Waals surface area contributed by atoms with Crippen LogP contribution in [0.25, 0.3) is 10.9 Å². The number of carbonyl (C=O) groups excluding carboxylic acids is 3. The Morgan fingerprint density at radius 2 is 1.97 bits per heavy atom. The summed E-state index contributed by atoms with van der Waals surface area (Å²) < 4.78 is 0. The van der Waals surface area contributed by atoms with Crippen LogP contribution in [0.1, 0.15) is 41.5 Å². The van der Waals surface area contributed by atoms with Crippen LogP contribution in [0.5, 0.6) is 0 Å². The monoisotopic (exact) mass is 585 g/mol. The molecule has 1 aliphatic rings. The Kier molecular flexibility index (Phi) is 7.56. The highest BCUT2D eigenvalue weighted by Crippen LogP contribution is 2.35. The summed E-state index contributed by atoms with van der Waals surface area (Å²) >= 11 is 14.3. The molecule has 0 saturated carbocycles. The van der Waals surface area contributed by atoms with Gasteiger partial charge in [0.15, 0.2) is 0 Å². The van der Waals surface area contributed by atoms with Crippen molar-refractivity contribution < 1.29 is 24.3 Å². The maximum atomic E-state index is 13.2. The topological polar surface area (TPSA) is 144 Å². The lowest BCUT2D eigenvalue weighted by molar-refractivity contribution is -0.139. The zero-order valence-corrected chi connectivity index (χ0v) is 22.5. The van der Waals surface area contributed by atoms with Crippen molar-refractivity contribution in [2.75, 3.05) is 13.1 Å². The van der Waals surface area contributed by atoms with Gasteiger partial charge in [-0.1, -0.05) is 35.3 Å². The number of aromatic nitrogens is 2. The molecule has 39 heavy (non-hydrogen) atoms. The van der Waals surface area contributed by atoms with E-state index in [1.165, 1.54) is 11.3 Å². The molecule has 5 rings (SSSR count). The minimum atomic E-state index is -1.41. The number of hydrogen-bond donors (Lipinski definition) is 4. The Morgan fingerprint density at radius 3 is 2.72 bits per heavy atom. The molecule has 1 atom stereocenters. The maximum Gasteiger partial charge on any atom is 0.328 e. The Hall–Kier alpha value is -3.93. The Morgan fingerprint density at radius 1 is 1.15 bits per heavy atom. The van der Waals surface area contributed by atoms with Crippen molar-refractivity contribution in [1.82, 2.24) is 25.7 Å². The van der Waals surface area contributed by atoms with Crippen molar-refractivity contribution in [3.63, 3.8) is 0 Å². The van der Waals surface area contributed by atoms with Gasteiger partial charge in [0.05, 0.1) is 32.2 Å². The summed E-state index contributed by atoms with van der Waals surface area (Å²) in [7, 11) is 0. The third-order valence-corrected chi connectivity index (χ3v) is 8.01. The second-order valence-corrected chi connectivity index (χ2v) is 10.6. The van der Waals surface area contributed by atoms with Gasteiger partial charge in [-0.15, -0.1) is 11.3 Å². The normalized spacial score (nSPS) is 13.5. The molecule has 200 valence electrons. The number of carbonyl (C=O) groups is 4. The number of H-pyrrole nitrogens is 1. The van der Waals surface area contributed by atoms with Crippen molar-refractivity contribution in [2.45, 2.75) is 19.0 Å². The van der Waals surface area contributed by atoms with Gasteiger partial charge in [-0.3, -0.25) is 19.5 Å². The molecule has 0 fully saturated rings. The number of nitrogens with zero attached hydrogens (tertiary/aromatic N) is 2. The van der Waals surface area contributed by atoms with Crippen LogP contribution in [-0.2, 0) is 17.8 Å². The van der Waals surface area contributed by atoms with E-state index in [0.29, 0.717) is 34.5 Å². The minimum Gasteiger partial charge on any atom is -0.480 e. The number of hydrogen-bond acceptors (Lipinski definition) is 6. The molecule has 4 N–H and O–H groups in total. The highest BCUT2D eigenvalue weighted by atomic mass is 35.5. The van der Waals surface area contributed by atoms with Crippen LogP contribution in [-0.4, -0.2) is 63.0 Å². The Balaban J connectivity index is 1.30. The fraction of sp³-hybridized carbons (Fsp3) is 0.192. The van der Waals surface area contributed by atoms with Gasteiger partial charge in [0, 0.05) is 30.6 Å². The van der Waals surface area contributed by atoms with Gasteiger partial charge in [-0.25, -0.2) is 4.79 Å². The summed E-state index contributed by atoms with van der Waals surface area (Å²) in [6, 6.07) is 8.77. The number of halogens is 2. The molecule has 0 aliphatic carbocycles. The average molecular weight is 586 g/mol. The number of nitrogens with one attached hydrogen (secondary N) is 3. The number of thiophene rings is 1. The SMILES string of the molecule is O=C(NC[C@H](NC(=O)c1c(Cl)cc2c(c1Cl)CCN(C(=O)c1ccc3cn[nH]c3c1)C2)C(=O)O)c1cccs1. The van der Waals surface area contributed by atoms with Gasteiger partial charge < -0.3 is 20.6 Å². The lowest BCUT2D eigenvalue weighted by atomic mass is 9.96. The predicted molar refractivity (Wildman–Crippen MR) is 147 cm³/mol. The first-order chi connectivity index (χ1) is 18.7. The zero-order chi connectivity index (χ0) is 27.7. The van der Waals surface area contributed by atoms with E-state index in [1.807, 2.05) is 6.07 Å². The van der Waals surface area contributed by atoms with Gasteiger partial charge in [0.25, 0.3) is 17.7 Å². The molecule has 2 aromatic heterocycles. The van der Waals surface area contributed by atoms with Crippen LogP contribution >= 0.6 is 34.5 Å². The van der Waals surface area contributed by atoms with E-state index in [2.05, 4.69) is 20.8 Å². The second-order valence-electron chi connectivity index (χ2n) is 8.89. The average Bonchev–Trinajstić information content (AvgIpc) is 3.62. The summed E-state index contributed by atoms with van der Waals surface area (Å²) in [6.07, 6.45) is 2.06. The minimum absolute atomic E-state index is 0.0242. The second kappa shape index (κ2) is 11.0. The van der Waals surface area contributed by atoms with Gasteiger partial charge in [0.1, 0.15) is 6.04 Å². The lowest BCUT2D eigenvalue weighted by Crippen LogP contribution is -2.48. The van der Waals surface area contributed by atoms with Crippen LogP contribution < -0.4 is 10.6 Å². The van der Waals surface area contributed by atoms with Crippen molar-refractivity contribution in [1.29, 1.82) is 0 Å². The molecular weight excluding hydrogens is 565 g/mol. The molecule has 10 nitrogen and oxygen atoms in total. The number of carboxylic acids is 1. The molecule has 0 unspecified atom stereocenters. The number of fused-ring (bicyclic) bond motifs is 2. The Labute approximate surface area is 235 Å². The molecule has 4 aromatic rings. The van der Waals surface area contributed by atoms with Gasteiger partial charge >= 0.3 is 5.97 Å². The third kappa shape index (κ3) is 5.47. The lowest BCUT2D eigenvalue weighted by Gasteiger charge is -2.30. The standard InChI is InChI=1S/C26H21Cl2N5O5S/c27-17-8-15-12-33(25(36)13-3-4-14-10-30-32-18(14)9-13)6-5-16(15)22(28)21(17)24(35)31-19(26(37)38)11-29-23(34)20-2-1-7-39-20/h1-4,7-10,19H,5-6,11-12H2,(H,29,34)(H,30,32)(H,31,35)(H,37,38)/t19-/m0/s1. The summed E-state index contributed by atoms with van der Waals surface area (Å²) in [4.78, 5) is 52.3. The first-order valence-corrected chi connectivity index (χ1v) is 13.4. The first kappa shape index (κ1) is 26.7. The highest BCUT2D eigenvalue weighted by Gasteiger charge is 2.30. The van der Waals surface area contributed by atoms with Gasteiger partial charge in [0.2, 0.25) is 0 Å². The molecule has 2 aromatic carbocycles. The van der Waals surface area contributed by atoms with Gasteiger partial charge in [-0.05, 0) is 47.2 Å². The summed E-state index contributed by atoms with van der Waals surface area (Å²) in [5, 5.41) is 24.1. The third-order valence-electron chi connectivity index (χ3n) is 6.42. The molecule has 13 heteroatoms. The van der Waals surface area contributed by atoms with E-state index in [0.717, 1.165) is 10.9 Å². The number of carboxylic acid groups (broad SMARTS) is 1. The van der Waals surface area contributed by atoms with Crippen molar-refractivity contribution in [3.05, 3.63) is 85.2 Å². The molecule has 0 bridgehead atoms. The number of aliphatic carboxylic acids is 1. The molecule has 3 heterocycles.